The van der Waals surface area contributed by atoms with Crippen LogP contribution in [0.15, 0.2) is 42.5 Å². The second-order valence-corrected chi connectivity index (χ2v) is 8.89. The molecule has 35 heavy (non-hydrogen) atoms. The number of hydrogen-bond donors (Lipinski definition) is 2. The van der Waals surface area contributed by atoms with Crippen molar-refractivity contribution in [3.05, 3.63) is 59.4 Å². The van der Waals surface area contributed by atoms with E-state index in [9.17, 15) is 22.4 Å². The Kier molecular flexibility index (Phi) is 8.37. The molecule has 0 aliphatic carbocycles. The topological polar surface area (TPSA) is 72.9 Å². The highest BCUT2D eigenvalue weighted by atomic mass is 19.4. The van der Waals surface area contributed by atoms with Crippen molar-refractivity contribution in [2.45, 2.75) is 51.4 Å². The lowest BCUT2D eigenvalue weighted by atomic mass is 10.1. The monoisotopic (exact) mass is 495 g/mol. The van der Waals surface area contributed by atoms with E-state index in [1.165, 1.54) is 43.6 Å². The molecule has 2 fully saturated rings. The summed E-state index contributed by atoms with van der Waals surface area (Å²) in [6.45, 7) is 7.80. The second kappa shape index (κ2) is 11.1. The molecule has 4 rings (SSSR count). The van der Waals surface area contributed by atoms with Crippen LogP contribution in [0.3, 0.4) is 0 Å². The lowest BCUT2D eigenvalue weighted by Gasteiger charge is -2.29. The summed E-state index contributed by atoms with van der Waals surface area (Å²) >= 11 is 0. The number of carboxylic acids is 1. The van der Waals surface area contributed by atoms with Crippen molar-refractivity contribution in [2.24, 2.45) is 0 Å². The standard InChI is InChI=1S/C23H28FN3O.C2HF3O2/c1-16-13-20(25-23(28)18-6-3-7-19(24)14-18)8-9-22(16)26-12-10-21(15-26)27-11-4-5-17(27)2;3-2(4,5)1(6)7/h3,6-9,13-14,17,21H,4-5,10-12,15H2,1-2H3,(H,25,28);(H,6,7). The van der Waals surface area contributed by atoms with Gasteiger partial charge in [-0.1, -0.05) is 6.07 Å². The van der Waals surface area contributed by atoms with E-state index in [0.717, 1.165) is 24.3 Å². The van der Waals surface area contributed by atoms with Gasteiger partial charge in [0, 0.05) is 42.1 Å². The van der Waals surface area contributed by atoms with E-state index >= 15 is 0 Å². The van der Waals surface area contributed by atoms with Gasteiger partial charge in [0.2, 0.25) is 0 Å². The predicted molar refractivity (Wildman–Crippen MR) is 125 cm³/mol. The van der Waals surface area contributed by atoms with Gasteiger partial charge in [-0.05, 0) is 81.6 Å². The predicted octanol–water partition coefficient (Wildman–Crippen LogP) is 5.08. The number of hydrogen-bond acceptors (Lipinski definition) is 4. The third-order valence-electron chi connectivity index (χ3n) is 6.36. The molecule has 10 heteroatoms. The summed E-state index contributed by atoms with van der Waals surface area (Å²) in [4.78, 5) is 26.4. The Bertz CT molecular complexity index is 1060. The van der Waals surface area contributed by atoms with Crippen LogP contribution in [0.2, 0.25) is 0 Å². The molecule has 0 bridgehead atoms. The van der Waals surface area contributed by atoms with Gasteiger partial charge >= 0.3 is 12.1 Å². The number of rotatable bonds is 4. The summed E-state index contributed by atoms with van der Waals surface area (Å²) in [5.41, 5.74) is 3.44. The zero-order valence-electron chi connectivity index (χ0n) is 19.6. The number of aliphatic carboxylic acids is 1. The average molecular weight is 496 g/mol. The molecule has 2 atom stereocenters. The number of nitrogens with zero attached hydrogens (tertiary/aromatic N) is 2. The zero-order valence-corrected chi connectivity index (χ0v) is 19.6. The fraction of sp³-hybridized carbons (Fsp3) is 0.440. The molecule has 0 aromatic heterocycles. The largest absolute Gasteiger partial charge is 0.490 e. The molecular formula is C25H29F4N3O3. The van der Waals surface area contributed by atoms with E-state index in [-0.39, 0.29) is 5.91 Å². The number of likely N-dealkylation sites (tertiary alicyclic amines) is 1. The first-order valence-corrected chi connectivity index (χ1v) is 11.4. The van der Waals surface area contributed by atoms with Crippen LogP contribution in [0, 0.1) is 12.7 Å². The third kappa shape index (κ3) is 6.94. The minimum Gasteiger partial charge on any atom is -0.475 e. The summed E-state index contributed by atoms with van der Waals surface area (Å²) in [6.07, 6.45) is -1.24. The van der Waals surface area contributed by atoms with Crippen molar-refractivity contribution in [1.82, 2.24) is 4.90 Å². The zero-order chi connectivity index (χ0) is 25.8. The maximum atomic E-state index is 13.3. The molecule has 190 valence electrons. The van der Waals surface area contributed by atoms with Crippen molar-refractivity contribution < 1.29 is 32.3 Å². The molecule has 2 aliphatic rings. The molecule has 2 aliphatic heterocycles. The SMILES string of the molecule is Cc1cc(NC(=O)c2cccc(F)c2)ccc1N1CCC(N2CCCC2C)C1.O=C(O)C(F)(F)F. The molecule has 6 nitrogen and oxygen atoms in total. The molecule has 2 saturated heterocycles. The highest BCUT2D eigenvalue weighted by Gasteiger charge is 2.38. The molecule has 2 heterocycles. The molecule has 0 spiro atoms. The fourth-order valence-electron chi connectivity index (χ4n) is 4.65. The Morgan fingerprint density at radius 2 is 1.80 bits per heavy atom. The number of amides is 1. The van der Waals surface area contributed by atoms with E-state index < -0.39 is 18.0 Å². The number of alkyl halides is 3. The fourth-order valence-corrected chi connectivity index (χ4v) is 4.65. The smallest absolute Gasteiger partial charge is 0.475 e. The number of anilines is 2. The summed E-state index contributed by atoms with van der Waals surface area (Å²) in [6, 6.07) is 13.1. The highest BCUT2D eigenvalue weighted by molar-refractivity contribution is 6.04. The lowest BCUT2D eigenvalue weighted by molar-refractivity contribution is -0.192. The molecule has 2 N–H and O–H groups in total. The number of carbonyl (C=O) groups excluding carboxylic acids is 1. The van der Waals surface area contributed by atoms with E-state index in [4.69, 9.17) is 9.90 Å². The van der Waals surface area contributed by atoms with Gasteiger partial charge in [-0.25, -0.2) is 9.18 Å². The van der Waals surface area contributed by atoms with Crippen LogP contribution in [0.1, 0.15) is 42.1 Å². The van der Waals surface area contributed by atoms with Gasteiger partial charge in [0.15, 0.2) is 0 Å². The van der Waals surface area contributed by atoms with Gasteiger partial charge in [-0.3, -0.25) is 9.69 Å². The molecule has 2 unspecified atom stereocenters. The van der Waals surface area contributed by atoms with Gasteiger partial charge in [0.1, 0.15) is 5.82 Å². The first kappa shape index (κ1) is 26.5. The minimum atomic E-state index is -5.08. The quantitative estimate of drug-likeness (QED) is 0.579. The van der Waals surface area contributed by atoms with Crippen molar-refractivity contribution in [1.29, 1.82) is 0 Å². The maximum absolute atomic E-state index is 13.3. The lowest BCUT2D eigenvalue weighted by Crippen LogP contribution is -2.39. The van der Waals surface area contributed by atoms with Crippen LogP contribution in [0.5, 0.6) is 0 Å². The Balaban J connectivity index is 0.000000429. The number of carbonyl (C=O) groups is 2. The maximum Gasteiger partial charge on any atom is 0.490 e. The van der Waals surface area contributed by atoms with Gasteiger partial charge in [0.05, 0.1) is 0 Å². The summed E-state index contributed by atoms with van der Waals surface area (Å²) in [5.74, 6) is -3.46. The first-order valence-electron chi connectivity index (χ1n) is 11.4. The highest BCUT2D eigenvalue weighted by Crippen LogP contribution is 2.31. The van der Waals surface area contributed by atoms with Crippen LogP contribution in [0.25, 0.3) is 0 Å². The van der Waals surface area contributed by atoms with Crippen LogP contribution < -0.4 is 10.2 Å². The molecule has 1 amide bonds. The van der Waals surface area contributed by atoms with Gasteiger partial charge in [-0.15, -0.1) is 0 Å². The van der Waals surface area contributed by atoms with Crippen molar-refractivity contribution in [3.63, 3.8) is 0 Å². The summed E-state index contributed by atoms with van der Waals surface area (Å²) in [5, 5.41) is 10.00. The van der Waals surface area contributed by atoms with Crippen LogP contribution in [0.4, 0.5) is 28.9 Å². The third-order valence-corrected chi connectivity index (χ3v) is 6.36. The van der Waals surface area contributed by atoms with E-state index in [1.54, 1.807) is 12.1 Å². The van der Waals surface area contributed by atoms with Crippen LogP contribution in [-0.2, 0) is 4.79 Å². The molecular weight excluding hydrogens is 466 g/mol. The summed E-state index contributed by atoms with van der Waals surface area (Å²) in [7, 11) is 0. The van der Waals surface area contributed by atoms with Gasteiger partial charge in [0.25, 0.3) is 5.91 Å². The van der Waals surface area contributed by atoms with Crippen molar-refractivity contribution >= 4 is 23.3 Å². The van der Waals surface area contributed by atoms with Gasteiger partial charge < -0.3 is 15.3 Å². The Hall–Kier alpha value is -3.14. The Morgan fingerprint density at radius 3 is 2.37 bits per heavy atom. The normalized spacial score (nSPS) is 20.3. The van der Waals surface area contributed by atoms with Gasteiger partial charge in [-0.2, -0.15) is 13.2 Å². The van der Waals surface area contributed by atoms with E-state index in [2.05, 4.69) is 35.0 Å². The molecule has 2 aromatic carbocycles. The van der Waals surface area contributed by atoms with E-state index in [0.29, 0.717) is 17.6 Å². The van der Waals surface area contributed by atoms with Crippen molar-refractivity contribution in [2.75, 3.05) is 29.9 Å². The number of halogens is 4. The Morgan fingerprint density at radius 1 is 1.09 bits per heavy atom. The minimum absolute atomic E-state index is 0.295. The van der Waals surface area contributed by atoms with Crippen molar-refractivity contribution in [3.8, 4) is 0 Å². The molecule has 0 saturated carbocycles. The van der Waals surface area contributed by atoms with Crippen LogP contribution in [-0.4, -0.2) is 59.8 Å². The molecule has 2 aromatic rings. The molecule has 0 radical (unpaired) electrons. The van der Waals surface area contributed by atoms with Crippen LogP contribution >= 0.6 is 0 Å². The summed E-state index contributed by atoms with van der Waals surface area (Å²) < 4.78 is 45.1. The second-order valence-electron chi connectivity index (χ2n) is 8.89. The number of benzene rings is 2. The first-order chi connectivity index (χ1) is 16.5. The number of carboxylic acid groups (broad SMARTS) is 1. The number of aryl methyl sites for hydroxylation is 1. The average Bonchev–Trinajstić information content (AvgIpc) is 3.42. The van der Waals surface area contributed by atoms with E-state index in [1.807, 2.05) is 12.1 Å². The number of nitrogens with one attached hydrogen (secondary N) is 1. The Labute approximate surface area is 201 Å².